The minimum absolute atomic E-state index is 0.272. The van der Waals surface area contributed by atoms with Crippen LogP contribution in [0.1, 0.15) is 5.56 Å². The van der Waals surface area contributed by atoms with Crippen LogP contribution in [0, 0.1) is 10.8 Å². The number of aryl methyl sites for hydroxylation is 1. The fourth-order valence-electron chi connectivity index (χ4n) is 1.28. The average molecular weight is 348 g/mol. The predicted octanol–water partition coefficient (Wildman–Crippen LogP) is 2.03. The molecule has 16 heavy (non-hydrogen) atoms. The Kier molecular flexibility index (Phi) is 3.02. The zero-order valence-corrected chi connectivity index (χ0v) is 11.4. The smallest absolute Gasteiger partial charge is 0.231 e. The first kappa shape index (κ1) is 11.6. The van der Waals surface area contributed by atoms with E-state index in [9.17, 15) is 8.42 Å². The van der Waals surface area contributed by atoms with Gasteiger partial charge in [-0.15, -0.1) is 0 Å². The quantitative estimate of drug-likeness (QED) is 0.781. The predicted molar refractivity (Wildman–Crippen MR) is 68.7 cm³/mol. The molecule has 4 nitrogen and oxygen atoms in total. The second-order valence-corrected chi connectivity index (χ2v) is 6.09. The minimum atomic E-state index is -3.50. The summed E-state index contributed by atoms with van der Waals surface area (Å²) in [6.45, 7) is 1.91. The molecule has 0 unspecified atom stereocenters. The van der Waals surface area contributed by atoms with Crippen LogP contribution in [0.15, 0.2) is 41.6 Å². The highest BCUT2D eigenvalue weighted by Gasteiger charge is 2.18. The van der Waals surface area contributed by atoms with Crippen LogP contribution in [0.4, 0.5) is 0 Å². The van der Waals surface area contributed by atoms with E-state index in [4.69, 9.17) is 0 Å². The molecule has 0 radical (unpaired) electrons. The van der Waals surface area contributed by atoms with Gasteiger partial charge in [-0.05, 0) is 19.1 Å². The molecule has 0 fully saturated rings. The lowest BCUT2D eigenvalue weighted by atomic mass is 10.2. The molecule has 84 valence electrons. The number of imidazole rings is 1. The average Bonchev–Trinajstić information content (AvgIpc) is 2.66. The summed E-state index contributed by atoms with van der Waals surface area (Å²) in [4.78, 5) is 4.17. The normalized spacial score (nSPS) is 11.6. The van der Waals surface area contributed by atoms with Crippen molar-refractivity contribution in [3.63, 3.8) is 0 Å². The van der Waals surface area contributed by atoms with E-state index in [1.165, 1.54) is 12.4 Å². The maximum absolute atomic E-state index is 12.1. The highest BCUT2D eigenvalue weighted by atomic mass is 127. The monoisotopic (exact) mass is 348 g/mol. The summed E-state index contributed by atoms with van der Waals surface area (Å²) in [5.41, 5.74) is 1.03. The summed E-state index contributed by atoms with van der Waals surface area (Å²) in [6, 6.07) is 6.74. The van der Waals surface area contributed by atoms with Gasteiger partial charge in [-0.2, -0.15) is 0 Å². The van der Waals surface area contributed by atoms with Crippen molar-refractivity contribution >= 4 is 32.6 Å². The van der Waals surface area contributed by atoms with Gasteiger partial charge in [-0.25, -0.2) is 17.4 Å². The SMILES string of the molecule is Cc1ccc(S(=O)(=O)n2ccnc2I)cc1. The van der Waals surface area contributed by atoms with Crippen LogP contribution in [-0.2, 0) is 10.0 Å². The molecular weight excluding hydrogens is 339 g/mol. The van der Waals surface area contributed by atoms with Gasteiger partial charge in [-0.3, -0.25) is 0 Å². The van der Waals surface area contributed by atoms with Crippen LogP contribution in [0.25, 0.3) is 0 Å². The van der Waals surface area contributed by atoms with Gasteiger partial charge in [0.15, 0.2) is 3.83 Å². The lowest BCUT2D eigenvalue weighted by molar-refractivity contribution is 0.586. The largest absolute Gasteiger partial charge is 0.269 e. The fraction of sp³-hybridized carbons (Fsp3) is 0.100. The Morgan fingerprint density at radius 1 is 1.25 bits per heavy atom. The van der Waals surface area contributed by atoms with Crippen LogP contribution in [0.5, 0.6) is 0 Å². The van der Waals surface area contributed by atoms with Gasteiger partial charge in [0.2, 0.25) is 0 Å². The molecule has 0 atom stereocenters. The Morgan fingerprint density at radius 2 is 1.88 bits per heavy atom. The standard InChI is InChI=1S/C10H9IN2O2S/c1-8-2-4-9(5-3-8)16(14,15)13-7-6-12-10(13)11/h2-7H,1H3. The number of benzene rings is 1. The Labute approximate surface area is 108 Å². The second-order valence-electron chi connectivity index (χ2n) is 3.31. The number of hydrogen-bond donors (Lipinski definition) is 0. The van der Waals surface area contributed by atoms with Crippen LogP contribution < -0.4 is 0 Å². The van der Waals surface area contributed by atoms with Gasteiger partial charge >= 0.3 is 0 Å². The first-order valence-corrected chi connectivity index (χ1v) is 7.05. The van der Waals surface area contributed by atoms with Crippen LogP contribution in [0.3, 0.4) is 0 Å². The molecule has 0 bridgehead atoms. The molecule has 0 saturated heterocycles. The van der Waals surface area contributed by atoms with Crippen molar-refractivity contribution in [1.82, 2.24) is 8.96 Å². The van der Waals surface area contributed by atoms with E-state index in [-0.39, 0.29) is 4.90 Å². The Morgan fingerprint density at radius 3 is 2.38 bits per heavy atom. The molecule has 0 aliphatic heterocycles. The zero-order chi connectivity index (χ0) is 11.8. The Balaban J connectivity index is 2.56. The first-order chi connectivity index (χ1) is 7.51. The molecule has 0 saturated carbocycles. The third-order valence-corrected chi connectivity index (χ3v) is 4.95. The summed E-state index contributed by atoms with van der Waals surface area (Å²) >= 11 is 1.89. The van der Waals surface area contributed by atoms with Gasteiger partial charge in [0.1, 0.15) is 0 Å². The van der Waals surface area contributed by atoms with Crippen molar-refractivity contribution in [2.24, 2.45) is 0 Å². The summed E-state index contributed by atoms with van der Waals surface area (Å²) < 4.78 is 25.9. The molecule has 0 amide bonds. The van der Waals surface area contributed by atoms with Gasteiger partial charge in [0.05, 0.1) is 4.90 Å². The molecule has 6 heteroatoms. The van der Waals surface area contributed by atoms with E-state index < -0.39 is 10.0 Å². The van der Waals surface area contributed by atoms with E-state index in [2.05, 4.69) is 4.98 Å². The van der Waals surface area contributed by atoms with E-state index in [1.54, 1.807) is 24.3 Å². The molecule has 2 aromatic rings. The number of aromatic nitrogens is 2. The van der Waals surface area contributed by atoms with Gasteiger partial charge in [0, 0.05) is 35.0 Å². The molecular formula is C10H9IN2O2S. The third-order valence-electron chi connectivity index (χ3n) is 2.14. The maximum atomic E-state index is 12.1. The molecule has 1 heterocycles. The molecule has 0 spiro atoms. The van der Waals surface area contributed by atoms with E-state index in [0.29, 0.717) is 3.83 Å². The fourth-order valence-corrected chi connectivity index (χ4v) is 3.54. The van der Waals surface area contributed by atoms with Crippen molar-refractivity contribution in [2.75, 3.05) is 0 Å². The van der Waals surface area contributed by atoms with Crippen LogP contribution >= 0.6 is 22.6 Å². The van der Waals surface area contributed by atoms with Crippen molar-refractivity contribution in [2.45, 2.75) is 11.8 Å². The van der Waals surface area contributed by atoms with Crippen LogP contribution in [0.2, 0.25) is 0 Å². The highest BCUT2D eigenvalue weighted by Crippen LogP contribution is 2.16. The number of nitrogens with zero attached hydrogens (tertiary/aromatic N) is 2. The molecule has 0 N–H and O–H groups in total. The first-order valence-electron chi connectivity index (χ1n) is 4.53. The van der Waals surface area contributed by atoms with Crippen molar-refractivity contribution < 1.29 is 8.42 Å². The Bertz CT molecular complexity index is 602. The van der Waals surface area contributed by atoms with Gasteiger partial charge < -0.3 is 0 Å². The summed E-state index contributed by atoms with van der Waals surface area (Å²) in [7, 11) is -3.50. The molecule has 1 aromatic carbocycles. The second kappa shape index (κ2) is 4.17. The summed E-state index contributed by atoms with van der Waals surface area (Å²) in [5.74, 6) is 0. The number of rotatable bonds is 2. The third kappa shape index (κ3) is 1.99. The lowest BCUT2D eigenvalue weighted by Gasteiger charge is -2.06. The van der Waals surface area contributed by atoms with Gasteiger partial charge in [0.25, 0.3) is 10.0 Å². The zero-order valence-electron chi connectivity index (χ0n) is 8.46. The van der Waals surface area contributed by atoms with E-state index in [0.717, 1.165) is 9.54 Å². The summed E-state index contributed by atoms with van der Waals surface area (Å²) in [6.07, 6.45) is 2.91. The topological polar surface area (TPSA) is 52.0 Å². The maximum Gasteiger partial charge on any atom is 0.269 e. The molecule has 1 aromatic heterocycles. The van der Waals surface area contributed by atoms with Crippen molar-refractivity contribution in [1.29, 1.82) is 0 Å². The number of halogens is 1. The summed E-state index contributed by atoms with van der Waals surface area (Å²) in [5, 5.41) is 0. The van der Waals surface area contributed by atoms with E-state index >= 15 is 0 Å². The van der Waals surface area contributed by atoms with E-state index in [1.807, 2.05) is 29.5 Å². The molecule has 0 aliphatic carbocycles. The van der Waals surface area contributed by atoms with Crippen LogP contribution in [-0.4, -0.2) is 17.4 Å². The highest BCUT2D eigenvalue weighted by molar-refractivity contribution is 14.1. The molecule has 0 aliphatic rings. The minimum Gasteiger partial charge on any atom is -0.231 e. The number of hydrogen-bond acceptors (Lipinski definition) is 3. The van der Waals surface area contributed by atoms with Gasteiger partial charge in [-0.1, -0.05) is 17.7 Å². The molecule has 2 rings (SSSR count). The Hall–Kier alpha value is -0.890. The lowest BCUT2D eigenvalue weighted by Crippen LogP contribution is -2.13. The van der Waals surface area contributed by atoms with Crippen molar-refractivity contribution in [3.05, 3.63) is 46.1 Å². The van der Waals surface area contributed by atoms with Crippen molar-refractivity contribution in [3.8, 4) is 0 Å².